The molecule has 0 saturated heterocycles. The molecule has 0 aliphatic heterocycles. The third-order valence-corrected chi connectivity index (χ3v) is 4.21. The fourth-order valence-electron chi connectivity index (χ4n) is 2.80. The zero-order valence-electron chi connectivity index (χ0n) is 15.4. The fraction of sp³-hybridized carbons (Fsp3) is 0.200. The molecule has 0 bridgehead atoms. The van der Waals surface area contributed by atoms with Crippen LogP contribution in [-0.2, 0) is 11.2 Å². The lowest BCUT2D eigenvalue weighted by Crippen LogP contribution is -2.33. The largest absolute Gasteiger partial charge is 0.497 e. The summed E-state index contributed by atoms with van der Waals surface area (Å²) in [7, 11) is 1.56. The van der Waals surface area contributed by atoms with Gasteiger partial charge in [-0.15, -0.1) is 0 Å². The Morgan fingerprint density at radius 1 is 1.10 bits per heavy atom. The van der Waals surface area contributed by atoms with Crippen LogP contribution in [0, 0.1) is 0 Å². The van der Waals surface area contributed by atoms with Crippen LogP contribution in [0.5, 0.6) is 5.75 Å². The Balaban J connectivity index is 1.62. The maximum Gasteiger partial charge on any atom is 0.405 e. The number of fused-ring (bicyclic) bond motifs is 1. The molecule has 3 aromatic rings. The number of rotatable bonds is 6. The highest BCUT2D eigenvalue weighted by Gasteiger charge is 2.27. The Kier molecular flexibility index (Phi) is 5.76. The van der Waals surface area contributed by atoms with Crippen LogP contribution >= 0.6 is 0 Å². The van der Waals surface area contributed by atoms with Crippen LogP contribution in [-0.4, -0.2) is 36.6 Å². The van der Waals surface area contributed by atoms with Crippen molar-refractivity contribution in [2.45, 2.75) is 12.6 Å². The molecule has 0 saturated carbocycles. The normalized spacial score (nSPS) is 11.3. The minimum absolute atomic E-state index is 0.0657. The van der Waals surface area contributed by atoms with E-state index >= 15 is 0 Å². The molecular formula is C20H18F3N3O3. The summed E-state index contributed by atoms with van der Waals surface area (Å²) in [5.74, 6) is -0.436. The van der Waals surface area contributed by atoms with Crippen molar-refractivity contribution in [1.29, 1.82) is 0 Å². The fourth-order valence-corrected chi connectivity index (χ4v) is 2.80. The van der Waals surface area contributed by atoms with Crippen LogP contribution in [0.1, 0.15) is 15.9 Å². The van der Waals surface area contributed by atoms with Gasteiger partial charge in [0.2, 0.25) is 5.91 Å². The van der Waals surface area contributed by atoms with Gasteiger partial charge in [0.05, 0.1) is 13.5 Å². The first-order valence-electron chi connectivity index (χ1n) is 8.64. The number of nitrogens with one attached hydrogen (secondary N) is 3. The minimum atomic E-state index is -4.48. The molecule has 1 aromatic heterocycles. The minimum Gasteiger partial charge on any atom is -0.497 e. The standard InChI is InChI=1S/C20H18F3N3O3/c1-29-15-6-7-17-16(9-15)13(10-24-17)8-18(27)26-14-4-2-12(3-5-14)19(28)25-11-20(21,22)23/h2-7,9-10,24H,8,11H2,1H3,(H,25,28)(H,26,27). The Labute approximate surface area is 164 Å². The van der Waals surface area contributed by atoms with E-state index in [1.165, 1.54) is 24.3 Å². The van der Waals surface area contributed by atoms with Crippen LogP contribution in [0.2, 0.25) is 0 Å². The van der Waals surface area contributed by atoms with Gasteiger partial charge in [0.1, 0.15) is 12.3 Å². The Morgan fingerprint density at radius 2 is 1.83 bits per heavy atom. The van der Waals surface area contributed by atoms with Crippen LogP contribution in [0.15, 0.2) is 48.7 Å². The second-order valence-corrected chi connectivity index (χ2v) is 6.33. The number of hydrogen-bond acceptors (Lipinski definition) is 3. The number of methoxy groups -OCH3 is 1. The molecule has 0 aliphatic carbocycles. The van der Waals surface area contributed by atoms with Gasteiger partial charge < -0.3 is 20.4 Å². The smallest absolute Gasteiger partial charge is 0.405 e. The first-order chi connectivity index (χ1) is 13.7. The number of hydrogen-bond donors (Lipinski definition) is 3. The molecule has 152 valence electrons. The highest BCUT2D eigenvalue weighted by molar-refractivity contribution is 5.97. The molecule has 0 fully saturated rings. The van der Waals surface area contributed by atoms with Crippen LogP contribution in [0.4, 0.5) is 18.9 Å². The Morgan fingerprint density at radius 3 is 2.48 bits per heavy atom. The molecule has 0 radical (unpaired) electrons. The molecule has 1 heterocycles. The van der Waals surface area contributed by atoms with Crippen molar-refractivity contribution in [1.82, 2.24) is 10.3 Å². The summed E-state index contributed by atoms with van der Waals surface area (Å²) in [6.07, 6.45) is -2.62. The van der Waals surface area contributed by atoms with Gasteiger partial charge in [-0.05, 0) is 48.0 Å². The van der Waals surface area contributed by atoms with Gasteiger partial charge in [-0.2, -0.15) is 13.2 Å². The van der Waals surface area contributed by atoms with E-state index in [4.69, 9.17) is 4.74 Å². The van der Waals surface area contributed by atoms with E-state index in [0.29, 0.717) is 11.4 Å². The van der Waals surface area contributed by atoms with E-state index in [0.717, 1.165) is 16.5 Å². The summed E-state index contributed by atoms with van der Waals surface area (Å²) in [5, 5.41) is 5.36. The number of amides is 2. The second kappa shape index (κ2) is 8.26. The average molecular weight is 405 g/mol. The molecule has 0 unspecified atom stereocenters. The summed E-state index contributed by atoms with van der Waals surface area (Å²) in [4.78, 5) is 27.1. The van der Waals surface area contributed by atoms with E-state index in [1.54, 1.807) is 18.6 Å². The van der Waals surface area contributed by atoms with Gasteiger partial charge in [-0.25, -0.2) is 0 Å². The van der Waals surface area contributed by atoms with Crippen molar-refractivity contribution >= 4 is 28.4 Å². The van der Waals surface area contributed by atoms with E-state index in [9.17, 15) is 22.8 Å². The average Bonchev–Trinajstić information content (AvgIpc) is 3.08. The number of H-pyrrole nitrogens is 1. The lowest BCUT2D eigenvalue weighted by atomic mass is 10.1. The lowest BCUT2D eigenvalue weighted by molar-refractivity contribution is -0.123. The number of carbonyl (C=O) groups is 2. The van der Waals surface area contributed by atoms with Gasteiger partial charge in [-0.3, -0.25) is 9.59 Å². The number of halogens is 3. The highest BCUT2D eigenvalue weighted by Crippen LogP contribution is 2.24. The van der Waals surface area contributed by atoms with Gasteiger partial charge >= 0.3 is 6.18 Å². The zero-order chi connectivity index (χ0) is 21.0. The molecule has 2 amide bonds. The van der Waals surface area contributed by atoms with Crippen molar-refractivity contribution in [2.75, 3.05) is 19.0 Å². The molecule has 3 rings (SSSR count). The summed E-state index contributed by atoms with van der Waals surface area (Å²) >= 11 is 0. The zero-order valence-corrected chi connectivity index (χ0v) is 15.4. The van der Waals surface area contributed by atoms with E-state index < -0.39 is 18.6 Å². The van der Waals surface area contributed by atoms with Gasteiger partial charge in [0.15, 0.2) is 0 Å². The van der Waals surface area contributed by atoms with Gasteiger partial charge in [0, 0.05) is 28.4 Å². The molecule has 0 aliphatic rings. The molecule has 29 heavy (non-hydrogen) atoms. The predicted octanol–water partition coefficient (Wildman–Crippen LogP) is 3.65. The number of carbonyl (C=O) groups excluding carboxylic acids is 2. The number of anilines is 1. The monoisotopic (exact) mass is 405 g/mol. The number of benzene rings is 2. The van der Waals surface area contributed by atoms with Crippen LogP contribution < -0.4 is 15.4 Å². The molecular weight excluding hydrogens is 387 g/mol. The number of alkyl halides is 3. The van der Waals surface area contributed by atoms with Crippen molar-refractivity contribution in [2.24, 2.45) is 0 Å². The molecule has 0 spiro atoms. The summed E-state index contributed by atoms with van der Waals surface area (Å²) < 4.78 is 41.7. The van der Waals surface area contributed by atoms with Crippen molar-refractivity contribution in [3.05, 3.63) is 59.8 Å². The van der Waals surface area contributed by atoms with Crippen LogP contribution in [0.25, 0.3) is 10.9 Å². The number of ether oxygens (including phenoxy) is 1. The Bertz CT molecular complexity index is 1030. The lowest BCUT2D eigenvalue weighted by Gasteiger charge is -2.09. The predicted molar refractivity (Wildman–Crippen MR) is 102 cm³/mol. The first kappa shape index (κ1) is 20.2. The quantitative estimate of drug-likeness (QED) is 0.585. The van der Waals surface area contributed by atoms with Crippen molar-refractivity contribution < 1.29 is 27.5 Å². The van der Waals surface area contributed by atoms with Gasteiger partial charge in [-0.1, -0.05) is 0 Å². The van der Waals surface area contributed by atoms with E-state index in [1.807, 2.05) is 18.2 Å². The third kappa shape index (κ3) is 5.28. The topological polar surface area (TPSA) is 83.2 Å². The molecule has 2 aromatic carbocycles. The number of aromatic nitrogens is 1. The second-order valence-electron chi connectivity index (χ2n) is 6.33. The molecule has 6 nitrogen and oxygen atoms in total. The molecule has 0 atom stereocenters. The summed E-state index contributed by atoms with van der Waals surface area (Å²) in [6.45, 7) is -1.40. The number of aromatic amines is 1. The third-order valence-electron chi connectivity index (χ3n) is 4.21. The summed E-state index contributed by atoms with van der Waals surface area (Å²) in [6, 6.07) is 11.1. The SMILES string of the molecule is COc1ccc2[nH]cc(CC(=O)Nc3ccc(C(=O)NCC(F)(F)F)cc3)c2c1. The van der Waals surface area contributed by atoms with Gasteiger partial charge in [0.25, 0.3) is 5.91 Å². The van der Waals surface area contributed by atoms with Crippen molar-refractivity contribution in [3.8, 4) is 5.75 Å². The van der Waals surface area contributed by atoms with E-state index in [2.05, 4.69) is 10.3 Å². The van der Waals surface area contributed by atoms with Crippen molar-refractivity contribution in [3.63, 3.8) is 0 Å². The maximum atomic E-state index is 12.3. The van der Waals surface area contributed by atoms with E-state index in [-0.39, 0.29) is 17.9 Å². The highest BCUT2D eigenvalue weighted by atomic mass is 19.4. The van der Waals surface area contributed by atoms with Crippen LogP contribution in [0.3, 0.4) is 0 Å². The Hall–Kier alpha value is -3.49. The maximum absolute atomic E-state index is 12.3. The molecule has 9 heteroatoms. The molecule has 3 N–H and O–H groups in total. The summed E-state index contributed by atoms with van der Waals surface area (Å²) in [5.41, 5.74) is 2.16. The first-order valence-corrected chi connectivity index (χ1v) is 8.64.